The Balaban J connectivity index is 1.78. The minimum Gasteiger partial charge on any atom is -0.383 e. The lowest BCUT2D eigenvalue weighted by atomic mass is 9.81. The molecular weight excluding hydrogens is 422 g/mol. The molecule has 3 aromatic rings. The summed E-state index contributed by atoms with van der Waals surface area (Å²) in [4.78, 5) is 33.7. The second-order valence-corrected chi connectivity index (χ2v) is 8.28. The molecule has 154 valence electrons. The third kappa shape index (κ3) is 3.96. The molecule has 3 heterocycles. The third-order valence-corrected chi connectivity index (χ3v) is 6.24. The van der Waals surface area contributed by atoms with Gasteiger partial charge in [-0.1, -0.05) is 35.9 Å². The van der Waals surface area contributed by atoms with Crippen LogP contribution in [-0.2, 0) is 9.53 Å². The molecule has 2 amide bonds. The molecule has 0 saturated carbocycles. The number of hydrogen-bond acceptors (Lipinski definition) is 5. The number of rotatable bonds is 6. The average molecular weight is 442 g/mol. The van der Waals surface area contributed by atoms with Gasteiger partial charge in [0.1, 0.15) is 5.82 Å². The first kappa shape index (κ1) is 20.5. The van der Waals surface area contributed by atoms with Gasteiger partial charge in [0.05, 0.1) is 23.6 Å². The van der Waals surface area contributed by atoms with Crippen molar-refractivity contribution in [1.29, 1.82) is 0 Å². The fourth-order valence-corrected chi connectivity index (χ4v) is 4.73. The Morgan fingerprint density at radius 2 is 2.07 bits per heavy atom. The Labute approximate surface area is 183 Å². The molecule has 0 unspecified atom stereocenters. The average Bonchev–Trinajstić information content (AvgIpc) is 3.29. The maximum absolute atomic E-state index is 13.5. The molecule has 1 aliphatic heterocycles. The van der Waals surface area contributed by atoms with Gasteiger partial charge in [0.25, 0.3) is 5.91 Å². The fraction of sp³-hybridized carbons (Fsp3) is 0.227. The lowest BCUT2D eigenvalue weighted by Gasteiger charge is -2.41. The zero-order valence-electron chi connectivity index (χ0n) is 16.2. The van der Waals surface area contributed by atoms with Gasteiger partial charge in [-0.15, -0.1) is 11.3 Å². The molecular formula is C22H20ClN3O3S. The summed E-state index contributed by atoms with van der Waals surface area (Å²) in [5.41, 5.74) is 1.24. The lowest BCUT2D eigenvalue weighted by Crippen LogP contribution is -2.47. The van der Waals surface area contributed by atoms with E-state index in [0.717, 1.165) is 4.88 Å². The van der Waals surface area contributed by atoms with Crippen LogP contribution in [0.2, 0.25) is 5.02 Å². The van der Waals surface area contributed by atoms with Crippen LogP contribution in [0, 0.1) is 0 Å². The van der Waals surface area contributed by atoms with Gasteiger partial charge >= 0.3 is 0 Å². The summed E-state index contributed by atoms with van der Waals surface area (Å²) >= 11 is 7.43. The standard InChI is InChI=1S/C22H20ClN3O3S/c1-29-11-10-26-20(17-7-4-12-30-17)19(15-5-2-3-6-16(15)22(26)28)21(27)25-18-9-8-14(23)13-24-18/h2-9,12-13,19-20H,10-11H2,1H3,(H,24,25,27)/t19-,20-/m0/s1. The molecule has 0 fully saturated rings. The number of thiophene rings is 1. The summed E-state index contributed by atoms with van der Waals surface area (Å²) in [5, 5.41) is 5.33. The predicted molar refractivity (Wildman–Crippen MR) is 117 cm³/mol. The van der Waals surface area contributed by atoms with E-state index in [1.54, 1.807) is 30.2 Å². The first-order valence-corrected chi connectivity index (χ1v) is 10.7. The highest BCUT2D eigenvalue weighted by Crippen LogP contribution is 2.44. The van der Waals surface area contributed by atoms with E-state index in [1.165, 1.54) is 17.5 Å². The summed E-state index contributed by atoms with van der Waals surface area (Å²) < 4.78 is 5.24. The highest BCUT2D eigenvalue weighted by molar-refractivity contribution is 7.10. The Bertz CT molecular complexity index is 1040. The molecule has 8 heteroatoms. The molecule has 1 aromatic carbocycles. The van der Waals surface area contributed by atoms with Crippen LogP contribution >= 0.6 is 22.9 Å². The molecule has 4 rings (SSSR count). The fourth-order valence-electron chi connectivity index (χ4n) is 3.74. The topological polar surface area (TPSA) is 71.5 Å². The van der Waals surface area contributed by atoms with Crippen molar-refractivity contribution in [1.82, 2.24) is 9.88 Å². The Hall–Kier alpha value is -2.74. The van der Waals surface area contributed by atoms with Gasteiger partial charge < -0.3 is 15.0 Å². The first-order chi connectivity index (χ1) is 14.6. The smallest absolute Gasteiger partial charge is 0.254 e. The molecule has 0 bridgehead atoms. The maximum atomic E-state index is 13.5. The summed E-state index contributed by atoms with van der Waals surface area (Å²) in [6, 6.07) is 14.0. The zero-order valence-corrected chi connectivity index (χ0v) is 17.8. The number of benzene rings is 1. The molecule has 2 aromatic heterocycles. The summed E-state index contributed by atoms with van der Waals surface area (Å²) in [6.07, 6.45) is 1.48. The number of carbonyl (C=O) groups excluding carboxylic acids is 2. The number of nitrogens with zero attached hydrogens (tertiary/aromatic N) is 2. The lowest BCUT2D eigenvalue weighted by molar-refractivity contribution is -0.119. The van der Waals surface area contributed by atoms with Gasteiger partial charge in [0.2, 0.25) is 5.91 Å². The number of aromatic nitrogens is 1. The minimum absolute atomic E-state index is 0.102. The van der Waals surface area contributed by atoms with E-state index in [1.807, 2.05) is 35.7 Å². The second-order valence-electron chi connectivity index (χ2n) is 6.87. The highest BCUT2D eigenvalue weighted by atomic mass is 35.5. The van der Waals surface area contributed by atoms with E-state index in [4.69, 9.17) is 16.3 Å². The van der Waals surface area contributed by atoms with Crippen LogP contribution in [0.3, 0.4) is 0 Å². The number of nitrogens with one attached hydrogen (secondary N) is 1. The van der Waals surface area contributed by atoms with Crippen LogP contribution in [0.25, 0.3) is 0 Å². The first-order valence-electron chi connectivity index (χ1n) is 9.45. The Morgan fingerprint density at radius 1 is 1.23 bits per heavy atom. The molecule has 1 aliphatic rings. The van der Waals surface area contributed by atoms with Gasteiger partial charge in [0, 0.05) is 30.3 Å². The molecule has 0 aliphatic carbocycles. The van der Waals surface area contributed by atoms with E-state index in [0.29, 0.717) is 35.1 Å². The monoisotopic (exact) mass is 441 g/mol. The van der Waals surface area contributed by atoms with Crippen molar-refractivity contribution >= 4 is 40.6 Å². The van der Waals surface area contributed by atoms with Gasteiger partial charge in [0.15, 0.2) is 0 Å². The number of fused-ring (bicyclic) bond motifs is 1. The van der Waals surface area contributed by atoms with Crippen molar-refractivity contribution in [3.63, 3.8) is 0 Å². The summed E-state index contributed by atoms with van der Waals surface area (Å²) in [5.74, 6) is -0.514. The molecule has 6 nitrogen and oxygen atoms in total. The van der Waals surface area contributed by atoms with E-state index in [-0.39, 0.29) is 11.8 Å². The van der Waals surface area contributed by atoms with Crippen LogP contribution in [0.1, 0.15) is 32.8 Å². The number of hydrogen-bond donors (Lipinski definition) is 1. The van der Waals surface area contributed by atoms with Gasteiger partial charge in [-0.2, -0.15) is 0 Å². The largest absolute Gasteiger partial charge is 0.383 e. The maximum Gasteiger partial charge on any atom is 0.254 e. The Kier molecular flexibility index (Phi) is 6.13. The van der Waals surface area contributed by atoms with Crippen molar-refractivity contribution in [3.05, 3.63) is 81.1 Å². The van der Waals surface area contributed by atoms with E-state index in [9.17, 15) is 9.59 Å². The highest BCUT2D eigenvalue weighted by Gasteiger charge is 2.44. The van der Waals surface area contributed by atoms with Crippen LogP contribution < -0.4 is 5.32 Å². The van der Waals surface area contributed by atoms with Crippen LogP contribution in [0.4, 0.5) is 5.82 Å². The molecule has 0 saturated heterocycles. The van der Waals surface area contributed by atoms with Crippen molar-refractivity contribution < 1.29 is 14.3 Å². The summed E-state index contributed by atoms with van der Waals surface area (Å²) in [7, 11) is 1.60. The normalized spacial score (nSPS) is 18.2. The number of methoxy groups -OCH3 is 1. The van der Waals surface area contributed by atoms with Crippen LogP contribution in [-0.4, -0.2) is 42.0 Å². The van der Waals surface area contributed by atoms with Crippen LogP contribution in [0.15, 0.2) is 60.1 Å². The number of anilines is 1. The van der Waals surface area contributed by atoms with E-state index >= 15 is 0 Å². The van der Waals surface area contributed by atoms with Crippen molar-refractivity contribution in [2.75, 3.05) is 25.6 Å². The van der Waals surface area contributed by atoms with Gasteiger partial charge in [-0.3, -0.25) is 9.59 Å². The predicted octanol–water partition coefficient (Wildman–Crippen LogP) is 4.36. The molecule has 0 spiro atoms. The quantitative estimate of drug-likeness (QED) is 0.616. The Morgan fingerprint density at radius 3 is 2.77 bits per heavy atom. The van der Waals surface area contributed by atoms with Crippen LogP contribution in [0.5, 0.6) is 0 Å². The van der Waals surface area contributed by atoms with Gasteiger partial charge in [-0.25, -0.2) is 4.98 Å². The van der Waals surface area contributed by atoms with Crippen molar-refractivity contribution in [3.8, 4) is 0 Å². The number of carbonyl (C=O) groups is 2. The summed E-state index contributed by atoms with van der Waals surface area (Å²) in [6.45, 7) is 0.762. The molecule has 0 radical (unpaired) electrons. The number of pyridine rings is 1. The number of amides is 2. The second kappa shape index (κ2) is 8.95. The van der Waals surface area contributed by atoms with E-state index in [2.05, 4.69) is 10.3 Å². The SMILES string of the molecule is COCCN1C(=O)c2ccccc2[C@H](C(=O)Nc2ccc(Cl)cn2)[C@@H]1c1cccs1. The molecule has 2 atom stereocenters. The van der Waals surface area contributed by atoms with Crippen molar-refractivity contribution in [2.24, 2.45) is 0 Å². The molecule has 30 heavy (non-hydrogen) atoms. The van der Waals surface area contributed by atoms with E-state index < -0.39 is 12.0 Å². The zero-order chi connectivity index (χ0) is 21.1. The van der Waals surface area contributed by atoms with Gasteiger partial charge in [-0.05, 0) is 35.2 Å². The minimum atomic E-state index is -0.591. The number of halogens is 1. The molecule has 1 N–H and O–H groups in total. The van der Waals surface area contributed by atoms with Crippen molar-refractivity contribution in [2.45, 2.75) is 12.0 Å². The number of ether oxygens (including phenoxy) is 1. The third-order valence-electron chi connectivity index (χ3n) is 5.07.